The van der Waals surface area contributed by atoms with Crippen molar-refractivity contribution < 1.29 is 9.59 Å². The Hall–Kier alpha value is -4.37. The molecule has 1 fully saturated rings. The van der Waals surface area contributed by atoms with Crippen molar-refractivity contribution in [3.63, 3.8) is 0 Å². The zero-order chi connectivity index (χ0) is 26.1. The van der Waals surface area contributed by atoms with Crippen LogP contribution in [-0.2, 0) is 4.79 Å². The predicted molar refractivity (Wildman–Crippen MR) is 139 cm³/mol. The summed E-state index contributed by atoms with van der Waals surface area (Å²) in [5, 5.41) is 29.2. The van der Waals surface area contributed by atoms with Crippen LogP contribution in [0.1, 0.15) is 42.6 Å². The molecule has 4 aromatic rings. The monoisotopic (exact) mass is 515 g/mol. The van der Waals surface area contributed by atoms with Gasteiger partial charge in [0, 0.05) is 44.0 Å². The van der Waals surface area contributed by atoms with Gasteiger partial charge in [0.05, 0.1) is 34.2 Å². The number of anilines is 1. The number of aromatic nitrogens is 5. The summed E-state index contributed by atoms with van der Waals surface area (Å²) >= 11 is 1.22. The van der Waals surface area contributed by atoms with Crippen LogP contribution in [0.15, 0.2) is 36.7 Å². The van der Waals surface area contributed by atoms with E-state index in [1.54, 1.807) is 21.7 Å². The quantitative estimate of drug-likeness (QED) is 0.399. The van der Waals surface area contributed by atoms with E-state index in [0.717, 1.165) is 22.5 Å². The van der Waals surface area contributed by atoms with Crippen molar-refractivity contribution >= 4 is 34.4 Å². The van der Waals surface area contributed by atoms with E-state index in [1.165, 1.54) is 24.5 Å². The van der Waals surface area contributed by atoms with E-state index in [9.17, 15) is 9.59 Å². The van der Waals surface area contributed by atoms with Crippen LogP contribution in [0.4, 0.5) is 5.69 Å². The van der Waals surface area contributed by atoms with Gasteiger partial charge in [0.15, 0.2) is 5.01 Å². The van der Waals surface area contributed by atoms with Crippen molar-refractivity contribution in [3.8, 4) is 28.0 Å². The molecular weight excluding hydrogens is 490 g/mol. The summed E-state index contributed by atoms with van der Waals surface area (Å²) in [6, 6.07) is 9.71. The van der Waals surface area contributed by atoms with Crippen LogP contribution >= 0.6 is 11.3 Å². The summed E-state index contributed by atoms with van der Waals surface area (Å²) in [6.07, 6.45) is 3.96. The van der Waals surface area contributed by atoms with Crippen LogP contribution < -0.4 is 10.6 Å². The number of nitrogens with zero attached hydrogens (tertiary/aromatic N) is 7. The first-order valence-electron chi connectivity index (χ1n) is 11.9. The highest BCUT2D eigenvalue weighted by molar-refractivity contribution is 7.16. The fraction of sp³-hybridized carbons (Fsp3) is 0.320. The summed E-state index contributed by atoms with van der Waals surface area (Å²) in [6.45, 7) is 6.57. The summed E-state index contributed by atoms with van der Waals surface area (Å²) in [7, 11) is 0. The molecule has 37 heavy (non-hydrogen) atoms. The highest BCUT2D eigenvalue weighted by atomic mass is 32.1. The van der Waals surface area contributed by atoms with Gasteiger partial charge >= 0.3 is 0 Å². The van der Waals surface area contributed by atoms with Gasteiger partial charge in [-0.05, 0) is 44.5 Å². The smallest absolute Gasteiger partial charge is 0.284 e. The molecule has 2 N–H and O–H groups in total. The predicted octanol–water partition coefficient (Wildman–Crippen LogP) is 2.96. The molecule has 1 unspecified atom stereocenters. The lowest BCUT2D eigenvalue weighted by atomic mass is 10.1. The van der Waals surface area contributed by atoms with E-state index in [0.29, 0.717) is 40.8 Å². The molecule has 188 valence electrons. The topological polar surface area (TPSA) is 141 Å². The lowest BCUT2D eigenvalue weighted by molar-refractivity contribution is -0.119. The van der Waals surface area contributed by atoms with Gasteiger partial charge < -0.3 is 15.5 Å². The van der Waals surface area contributed by atoms with Gasteiger partial charge in [-0.15, -0.1) is 10.2 Å². The van der Waals surface area contributed by atoms with E-state index in [-0.39, 0.29) is 23.9 Å². The van der Waals surface area contributed by atoms with Crippen molar-refractivity contribution in [2.45, 2.75) is 39.3 Å². The Balaban J connectivity index is 1.44. The first-order valence-corrected chi connectivity index (χ1v) is 12.7. The van der Waals surface area contributed by atoms with E-state index in [2.05, 4.69) is 37.0 Å². The van der Waals surface area contributed by atoms with Crippen LogP contribution in [0.3, 0.4) is 0 Å². The SMILES string of the molecule is CC(=O)NC1CCN(C(=O)c2nnc(-c3cnc(-c4ccc5cc(C#N)cnn45)cc3NC(C)C)s2)C1. The number of pyridine rings is 1. The Morgan fingerprint density at radius 1 is 1.22 bits per heavy atom. The number of hydrogen-bond donors (Lipinski definition) is 2. The molecular formula is C25H25N9O2S. The Morgan fingerprint density at radius 2 is 2.05 bits per heavy atom. The van der Waals surface area contributed by atoms with Crippen LogP contribution in [0.5, 0.6) is 0 Å². The minimum Gasteiger partial charge on any atom is -0.382 e. The fourth-order valence-corrected chi connectivity index (χ4v) is 5.19. The van der Waals surface area contributed by atoms with Crippen molar-refractivity contribution in [2.75, 3.05) is 18.4 Å². The third-order valence-electron chi connectivity index (χ3n) is 5.96. The summed E-state index contributed by atoms with van der Waals surface area (Å²) in [5.41, 5.74) is 4.33. The standard InChI is InChI=1S/C25H25N9O2S/c1-14(2)29-20-9-21(22-5-4-18-8-16(10-26)11-28-34(18)22)27-12-19(20)23-31-32-24(37-23)25(36)33-7-6-17(13-33)30-15(3)35/h4-5,8-9,11-12,14,17H,6-7,13H2,1-3H3,(H,27,29)(H,30,35). The summed E-state index contributed by atoms with van der Waals surface area (Å²) in [4.78, 5) is 30.7. The van der Waals surface area contributed by atoms with Crippen molar-refractivity contribution in [1.29, 1.82) is 5.26 Å². The second-order valence-electron chi connectivity index (χ2n) is 9.18. The average Bonchev–Trinajstić information content (AvgIpc) is 3.62. The third-order valence-corrected chi connectivity index (χ3v) is 6.91. The lowest BCUT2D eigenvalue weighted by Gasteiger charge is -2.15. The van der Waals surface area contributed by atoms with Gasteiger partial charge in [-0.1, -0.05) is 11.3 Å². The number of nitrogens with one attached hydrogen (secondary N) is 2. The Morgan fingerprint density at radius 3 is 2.81 bits per heavy atom. The maximum atomic E-state index is 13.0. The fourth-order valence-electron chi connectivity index (χ4n) is 4.35. The van der Waals surface area contributed by atoms with Crippen LogP contribution in [0, 0.1) is 11.3 Å². The van der Waals surface area contributed by atoms with E-state index in [1.807, 2.05) is 32.0 Å². The molecule has 4 aromatic heterocycles. The zero-order valence-electron chi connectivity index (χ0n) is 20.6. The number of hydrogen-bond acceptors (Lipinski definition) is 9. The number of likely N-dealkylation sites (tertiary alicyclic amines) is 1. The molecule has 1 saturated heterocycles. The molecule has 2 amide bonds. The van der Waals surface area contributed by atoms with Gasteiger partial charge in [-0.2, -0.15) is 10.4 Å². The molecule has 5 heterocycles. The van der Waals surface area contributed by atoms with Gasteiger partial charge in [-0.3, -0.25) is 14.6 Å². The number of carbonyl (C=O) groups is 2. The number of amides is 2. The highest BCUT2D eigenvalue weighted by Crippen LogP contribution is 2.34. The lowest BCUT2D eigenvalue weighted by Crippen LogP contribution is -2.37. The molecule has 0 spiro atoms. The Bertz CT molecular complexity index is 1530. The van der Waals surface area contributed by atoms with Gasteiger partial charge in [0.25, 0.3) is 5.91 Å². The van der Waals surface area contributed by atoms with Gasteiger partial charge in [0.2, 0.25) is 10.9 Å². The minimum absolute atomic E-state index is 0.0430. The van der Waals surface area contributed by atoms with Crippen LogP contribution in [0.2, 0.25) is 0 Å². The van der Waals surface area contributed by atoms with E-state index >= 15 is 0 Å². The Labute approximate surface area is 217 Å². The number of fused-ring (bicyclic) bond motifs is 1. The first kappa shape index (κ1) is 24.3. The Kier molecular flexibility index (Phi) is 6.54. The molecule has 0 aliphatic carbocycles. The molecule has 11 nitrogen and oxygen atoms in total. The van der Waals surface area contributed by atoms with Crippen LogP contribution in [0.25, 0.3) is 27.5 Å². The molecule has 1 atom stereocenters. The largest absolute Gasteiger partial charge is 0.382 e. The normalized spacial score (nSPS) is 15.2. The van der Waals surface area contributed by atoms with Crippen LogP contribution in [-0.4, -0.2) is 66.7 Å². The van der Waals surface area contributed by atoms with Gasteiger partial charge in [0.1, 0.15) is 6.07 Å². The summed E-state index contributed by atoms with van der Waals surface area (Å²) < 4.78 is 1.74. The van der Waals surface area contributed by atoms with E-state index in [4.69, 9.17) is 5.26 Å². The van der Waals surface area contributed by atoms with E-state index < -0.39 is 0 Å². The molecule has 0 saturated carbocycles. The van der Waals surface area contributed by atoms with Crippen molar-refractivity contribution in [1.82, 2.24) is 35.0 Å². The molecule has 1 aliphatic rings. The maximum absolute atomic E-state index is 13.0. The maximum Gasteiger partial charge on any atom is 0.284 e. The van der Waals surface area contributed by atoms with Crippen molar-refractivity contribution in [2.24, 2.45) is 0 Å². The molecule has 5 rings (SSSR count). The zero-order valence-corrected chi connectivity index (χ0v) is 21.4. The highest BCUT2D eigenvalue weighted by Gasteiger charge is 2.29. The first-order chi connectivity index (χ1) is 17.8. The second kappa shape index (κ2) is 9.94. The molecule has 0 radical (unpaired) electrons. The molecule has 12 heteroatoms. The second-order valence-corrected chi connectivity index (χ2v) is 10.2. The summed E-state index contributed by atoms with van der Waals surface area (Å²) in [5.74, 6) is -0.295. The average molecular weight is 516 g/mol. The number of nitriles is 1. The van der Waals surface area contributed by atoms with Crippen molar-refractivity contribution in [3.05, 3.63) is 47.2 Å². The number of carbonyl (C=O) groups excluding carboxylic acids is 2. The molecule has 1 aliphatic heterocycles. The number of rotatable bonds is 6. The van der Waals surface area contributed by atoms with Gasteiger partial charge in [-0.25, -0.2) is 4.52 Å². The molecule has 0 aromatic carbocycles. The minimum atomic E-state index is -0.193. The third kappa shape index (κ3) is 4.99. The molecule has 0 bridgehead atoms.